The van der Waals surface area contributed by atoms with Gasteiger partial charge in [0.1, 0.15) is 0 Å². The van der Waals surface area contributed by atoms with Gasteiger partial charge in [-0.2, -0.15) is 0 Å². The van der Waals surface area contributed by atoms with Crippen LogP contribution in [0.5, 0.6) is 0 Å². The van der Waals surface area contributed by atoms with Gasteiger partial charge in [-0.25, -0.2) is 0 Å². The van der Waals surface area contributed by atoms with E-state index in [9.17, 15) is 4.79 Å². The summed E-state index contributed by atoms with van der Waals surface area (Å²) in [6.45, 7) is 8.41. The maximum Gasteiger partial charge on any atom is 0.255 e. The SMILES string of the molecule is C=C(Nc1ccc(N)cc1NC(=O)c1ccc(Cl)c(C)c1)OCC1CCN(c2ccncc2)CC1. The summed E-state index contributed by atoms with van der Waals surface area (Å²) in [5, 5.41) is 6.69. The Morgan fingerprint density at radius 3 is 2.57 bits per heavy atom. The lowest BCUT2D eigenvalue weighted by molar-refractivity contribution is 0.102. The zero-order valence-corrected chi connectivity index (χ0v) is 20.5. The standard InChI is InChI=1S/C27H30ClN5O2/c1-18-15-21(3-5-24(18)28)27(34)32-26-16-22(29)4-6-25(26)31-19(2)35-17-20-9-13-33(14-10-20)23-7-11-30-12-8-23/h3-8,11-12,15-16,20,31H,2,9-10,13-14,17,29H2,1H3,(H,32,34). The Hall–Kier alpha value is -3.71. The number of hydrogen-bond acceptors (Lipinski definition) is 6. The molecule has 2 heterocycles. The summed E-state index contributed by atoms with van der Waals surface area (Å²) in [4.78, 5) is 19.3. The summed E-state index contributed by atoms with van der Waals surface area (Å²) < 4.78 is 5.94. The van der Waals surface area contributed by atoms with Crippen LogP contribution in [0.15, 0.2) is 73.4 Å². The van der Waals surface area contributed by atoms with Crippen molar-refractivity contribution in [2.75, 3.05) is 41.0 Å². The average Bonchev–Trinajstić information content (AvgIpc) is 2.87. The third-order valence-electron chi connectivity index (χ3n) is 6.12. The van der Waals surface area contributed by atoms with Crippen molar-refractivity contribution in [3.63, 3.8) is 0 Å². The van der Waals surface area contributed by atoms with Crippen LogP contribution in [0.25, 0.3) is 0 Å². The van der Waals surface area contributed by atoms with Crippen LogP contribution < -0.4 is 21.3 Å². The highest BCUT2D eigenvalue weighted by molar-refractivity contribution is 6.31. The molecule has 1 aliphatic heterocycles. The van der Waals surface area contributed by atoms with Crippen LogP contribution in [-0.2, 0) is 4.74 Å². The number of nitrogens with two attached hydrogens (primary N) is 1. The van der Waals surface area contributed by atoms with Gasteiger partial charge in [-0.3, -0.25) is 9.78 Å². The van der Waals surface area contributed by atoms with Crippen LogP contribution in [0.4, 0.5) is 22.7 Å². The van der Waals surface area contributed by atoms with Gasteiger partial charge in [-0.15, -0.1) is 0 Å². The molecular weight excluding hydrogens is 462 g/mol. The van der Waals surface area contributed by atoms with Crippen molar-refractivity contribution in [3.05, 3.63) is 89.5 Å². The van der Waals surface area contributed by atoms with E-state index in [0.29, 0.717) is 46.1 Å². The van der Waals surface area contributed by atoms with Gasteiger partial charge in [-0.05, 0) is 86.4 Å². The monoisotopic (exact) mass is 491 g/mol. The molecule has 0 unspecified atom stereocenters. The third-order valence-corrected chi connectivity index (χ3v) is 6.55. The first kappa shape index (κ1) is 24.4. The number of piperidine rings is 1. The van der Waals surface area contributed by atoms with E-state index in [1.54, 1.807) is 36.4 Å². The summed E-state index contributed by atoms with van der Waals surface area (Å²) in [6, 6.07) is 14.5. The summed E-state index contributed by atoms with van der Waals surface area (Å²) in [6.07, 6.45) is 5.73. The number of anilines is 4. The number of halogens is 1. The van der Waals surface area contributed by atoms with Crippen molar-refractivity contribution in [2.24, 2.45) is 5.92 Å². The van der Waals surface area contributed by atoms with E-state index in [0.717, 1.165) is 31.5 Å². The topological polar surface area (TPSA) is 92.5 Å². The lowest BCUT2D eigenvalue weighted by atomic mass is 9.97. The van der Waals surface area contributed by atoms with Gasteiger partial charge in [-0.1, -0.05) is 11.6 Å². The largest absolute Gasteiger partial charge is 0.479 e. The molecule has 0 bridgehead atoms. The summed E-state index contributed by atoms with van der Waals surface area (Å²) in [5.41, 5.74) is 10.2. The van der Waals surface area contributed by atoms with Crippen molar-refractivity contribution < 1.29 is 9.53 Å². The minimum Gasteiger partial charge on any atom is -0.479 e. The van der Waals surface area contributed by atoms with Gasteiger partial charge < -0.3 is 26.0 Å². The molecule has 0 atom stereocenters. The number of nitrogen functional groups attached to an aromatic ring is 1. The van der Waals surface area contributed by atoms with Crippen molar-refractivity contribution in [1.29, 1.82) is 0 Å². The molecule has 1 aliphatic rings. The molecule has 4 N–H and O–H groups in total. The number of amides is 1. The second-order valence-corrected chi connectivity index (χ2v) is 9.13. The van der Waals surface area contributed by atoms with E-state index in [4.69, 9.17) is 22.1 Å². The molecule has 1 aromatic heterocycles. The van der Waals surface area contributed by atoms with Crippen LogP contribution in [0.3, 0.4) is 0 Å². The lowest BCUT2D eigenvalue weighted by Crippen LogP contribution is -2.35. The molecule has 1 amide bonds. The molecule has 0 aliphatic carbocycles. The molecule has 1 saturated heterocycles. The zero-order chi connectivity index (χ0) is 24.8. The van der Waals surface area contributed by atoms with Gasteiger partial charge in [0.2, 0.25) is 0 Å². The quantitative estimate of drug-likeness (QED) is 0.277. The lowest BCUT2D eigenvalue weighted by Gasteiger charge is -2.33. The number of nitrogens with one attached hydrogen (secondary N) is 2. The van der Waals surface area contributed by atoms with Crippen molar-refractivity contribution in [2.45, 2.75) is 19.8 Å². The zero-order valence-electron chi connectivity index (χ0n) is 19.8. The summed E-state index contributed by atoms with van der Waals surface area (Å²) >= 11 is 6.08. The fourth-order valence-corrected chi connectivity index (χ4v) is 4.19. The van der Waals surface area contributed by atoms with E-state index in [2.05, 4.69) is 27.1 Å². The fourth-order valence-electron chi connectivity index (χ4n) is 4.07. The number of aryl methyl sites for hydroxylation is 1. The Labute approximate surface area is 210 Å². The smallest absolute Gasteiger partial charge is 0.255 e. The maximum absolute atomic E-state index is 12.8. The van der Waals surface area contributed by atoms with Crippen molar-refractivity contribution in [3.8, 4) is 0 Å². The number of aromatic nitrogens is 1. The first-order valence-electron chi connectivity index (χ1n) is 11.6. The number of carbonyl (C=O) groups excluding carboxylic acids is 1. The molecule has 182 valence electrons. The van der Waals surface area contributed by atoms with Crippen LogP contribution in [0.1, 0.15) is 28.8 Å². The predicted octanol–water partition coefficient (Wildman–Crippen LogP) is 5.69. The molecule has 3 aromatic rings. The first-order valence-corrected chi connectivity index (χ1v) is 12.0. The van der Waals surface area contributed by atoms with Crippen LogP contribution in [0.2, 0.25) is 5.02 Å². The van der Waals surface area contributed by atoms with Gasteiger partial charge >= 0.3 is 0 Å². The van der Waals surface area contributed by atoms with Gasteiger partial charge in [0.15, 0.2) is 5.88 Å². The third kappa shape index (κ3) is 6.45. The molecule has 0 spiro atoms. The van der Waals surface area contributed by atoms with E-state index >= 15 is 0 Å². The Bertz CT molecular complexity index is 1190. The summed E-state index contributed by atoms with van der Waals surface area (Å²) in [7, 11) is 0. The van der Waals surface area contributed by atoms with E-state index in [1.165, 1.54) is 5.69 Å². The van der Waals surface area contributed by atoms with E-state index in [-0.39, 0.29) is 5.91 Å². The van der Waals surface area contributed by atoms with E-state index < -0.39 is 0 Å². The number of rotatable bonds is 8. The van der Waals surface area contributed by atoms with Crippen LogP contribution in [-0.4, -0.2) is 30.6 Å². The number of hydrogen-bond donors (Lipinski definition) is 3. The second kappa shape index (κ2) is 11.1. The van der Waals surface area contributed by atoms with Gasteiger partial charge in [0, 0.05) is 47.4 Å². The summed E-state index contributed by atoms with van der Waals surface area (Å²) in [5.74, 6) is 0.612. The van der Waals surface area contributed by atoms with Crippen LogP contribution >= 0.6 is 11.6 Å². The highest BCUT2D eigenvalue weighted by atomic mass is 35.5. The molecule has 1 fully saturated rings. The minimum absolute atomic E-state index is 0.258. The normalized spacial score (nSPS) is 13.8. The Morgan fingerprint density at radius 1 is 1.11 bits per heavy atom. The number of pyridine rings is 1. The average molecular weight is 492 g/mol. The highest BCUT2D eigenvalue weighted by Crippen LogP contribution is 2.28. The molecule has 35 heavy (non-hydrogen) atoms. The molecule has 8 heteroatoms. The van der Waals surface area contributed by atoms with Gasteiger partial charge in [0.25, 0.3) is 5.91 Å². The molecule has 4 rings (SSSR count). The molecule has 0 radical (unpaired) electrons. The number of carbonyl (C=O) groups is 1. The highest BCUT2D eigenvalue weighted by Gasteiger charge is 2.20. The molecule has 0 saturated carbocycles. The number of benzene rings is 2. The minimum atomic E-state index is -0.258. The molecular formula is C27H30ClN5O2. The Kier molecular flexibility index (Phi) is 7.77. The molecule has 2 aromatic carbocycles. The van der Waals surface area contributed by atoms with Crippen LogP contribution in [0, 0.1) is 12.8 Å². The van der Waals surface area contributed by atoms with Gasteiger partial charge in [0.05, 0.1) is 18.0 Å². The Morgan fingerprint density at radius 2 is 1.86 bits per heavy atom. The number of ether oxygens (including phenoxy) is 1. The fraction of sp³-hybridized carbons (Fsp3) is 0.259. The maximum atomic E-state index is 12.8. The van der Waals surface area contributed by atoms with Crippen molar-refractivity contribution >= 4 is 40.3 Å². The van der Waals surface area contributed by atoms with Crippen molar-refractivity contribution in [1.82, 2.24) is 4.98 Å². The first-order chi connectivity index (χ1) is 16.9. The second-order valence-electron chi connectivity index (χ2n) is 8.72. The number of nitrogens with zero attached hydrogens (tertiary/aromatic N) is 2. The predicted molar refractivity (Wildman–Crippen MR) is 143 cm³/mol. The van der Waals surface area contributed by atoms with E-state index in [1.807, 2.05) is 31.5 Å². The molecule has 7 nitrogen and oxygen atoms in total. The Balaban J connectivity index is 1.31.